The summed E-state index contributed by atoms with van der Waals surface area (Å²) in [7, 11) is 0. The zero-order chi connectivity index (χ0) is 53.7. The van der Waals surface area contributed by atoms with Crippen LogP contribution in [0.25, 0.3) is 0 Å². The quantitative estimate of drug-likeness (QED) is 0.0307. The molecule has 1 fully saturated rings. The highest BCUT2D eigenvalue weighted by molar-refractivity contribution is 6.00. The molecular weight excluding hydrogens is 948 g/mol. The van der Waals surface area contributed by atoms with E-state index in [1.807, 2.05) is 10.6 Å². The van der Waals surface area contributed by atoms with Gasteiger partial charge in [0.05, 0.1) is 38.1 Å². The first-order valence-electron chi connectivity index (χ1n) is 21.0. The van der Waals surface area contributed by atoms with Gasteiger partial charge in [0.1, 0.15) is 54.4 Å². The lowest BCUT2D eigenvalue weighted by atomic mass is 10.0. The monoisotopic (exact) mass is 1010 g/mol. The van der Waals surface area contributed by atoms with Crippen LogP contribution in [0.3, 0.4) is 0 Å². The van der Waals surface area contributed by atoms with Crippen molar-refractivity contribution in [2.45, 2.75) is 138 Å². The van der Waals surface area contributed by atoms with E-state index in [1.165, 1.54) is 0 Å². The Labute approximate surface area is 395 Å². The number of nitrogens with one attached hydrogen (secondary N) is 7. The maximum atomic E-state index is 13.8. The van der Waals surface area contributed by atoms with Crippen molar-refractivity contribution in [1.82, 2.24) is 42.1 Å². The summed E-state index contributed by atoms with van der Waals surface area (Å²) in [6.07, 6.45) is -10.1. The summed E-state index contributed by atoms with van der Waals surface area (Å²) < 4.78 is 0. The Morgan fingerprint density at radius 3 is 1.43 bits per heavy atom. The Balaban J connectivity index is 3.43. The van der Waals surface area contributed by atoms with Gasteiger partial charge >= 0.3 is 29.8 Å². The number of aliphatic carboxylic acids is 5. The first kappa shape index (κ1) is 60.4. The molecule has 0 bridgehead atoms. The lowest BCUT2D eigenvalue weighted by Crippen LogP contribution is -2.62. The topological polar surface area (TPSA) is 540 Å². The minimum Gasteiger partial charge on any atom is -0.481 e. The van der Waals surface area contributed by atoms with Crippen LogP contribution in [0.4, 0.5) is 0 Å². The minimum atomic E-state index is -2.15. The Bertz CT molecular complexity index is 2000. The molecule has 0 aromatic heterocycles. The molecule has 1 saturated heterocycles. The van der Waals surface area contributed by atoms with Gasteiger partial charge in [-0.25, -0.2) is 4.79 Å². The second-order valence-electron chi connectivity index (χ2n) is 15.8. The lowest BCUT2D eigenvalue weighted by Gasteiger charge is -2.32. The molecular formula is C38H58N10O22. The molecule has 0 radical (unpaired) electrons. The van der Waals surface area contributed by atoms with E-state index >= 15 is 0 Å². The maximum absolute atomic E-state index is 13.8. The van der Waals surface area contributed by atoms with Crippen molar-refractivity contribution in [3.8, 4) is 0 Å². The number of hydrogen-bond donors (Lipinski definition) is 17. The summed E-state index contributed by atoms with van der Waals surface area (Å²) in [5.41, 5.74) is 10.6. The highest BCUT2D eigenvalue weighted by Gasteiger charge is 2.42. The number of nitrogens with zero attached hydrogens (tertiary/aromatic N) is 1. The molecule has 0 unspecified atom stereocenters. The number of likely N-dealkylation sites (tertiary alicyclic amines) is 1. The SMILES string of the molecule is C[C@@H](O)[C@H](NC(=O)[C@H](CCC(=O)O)NC(=O)[C@H](CCC(=O)O)NC(=O)[C@@H]1CCCN1C(=O)[C@@H](NC(=O)[C@H](CC(N)=O)NC(=O)[C@@H](N)CO)[C@@H](C)O)C(=O)N[C@@H](CC(=O)O)C(=O)N[C@@H](CC(=O)O)C(=O)O. The standard InChI is InChI=1S/C38H58N10O22/c1-14(50)28(36(67)44-20(11-26(57)58)33(64)45-21(38(69)70)12-27(59)60)46-32(63)18(6-8-25(55)56)41-31(62)17(5-7-24(53)54)42-35(66)22-4-3-9-48(22)37(68)29(15(2)51)47-34(65)19(10-23(40)52)43-30(61)16(39)13-49/h14-22,28-29,49-51H,3-13,39H2,1-2H3,(H2,40,52)(H,41,62)(H,42,66)(H,43,61)(H,44,67)(H,45,64)(H,46,63)(H,47,65)(H,53,54)(H,55,56)(H,57,58)(H,59,60)(H,69,70)/t14-,15-,16+,17+,18+,19+,20+,21+,22+,28+,29+/m1/s1. The van der Waals surface area contributed by atoms with Gasteiger partial charge in [0, 0.05) is 19.4 Å². The van der Waals surface area contributed by atoms with Crippen molar-refractivity contribution in [3.05, 3.63) is 0 Å². The number of carboxylic acid groups (broad SMARTS) is 5. The second kappa shape index (κ2) is 28.7. The number of carboxylic acids is 5. The highest BCUT2D eigenvalue weighted by Crippen LogP contribution is 2.20. The molecule has 32 heteroatoms. The van der Waals surface area contributed by atoms with Crippen LogP contribution in [0.1, 0.15) is 71.6 Å². The average Bonchev–Trinajstić information content (AvgIpc) is 3.75. The highest BCUT2D eigenvalue weighted by atomic mass is 16.4. The molecule has 19 N–H and O–H groups in total. The van der Waals surface area contributed by atoms with Gasteiger partial charge in [0.2, 0.25) is 53.2 Å². The van der Waals surface area contributed by atoms with Gasteiger partial charge in [-0.1, -0.05) is 0 Å². The fourth-order valence-electron chi connectivity index (χ4n) is 6.46. The van der Waals surface area contributed by atoms with Crippen LogP contribution in [0.15, 0.2) is 0 Å². The third-order valence-electron chi connectivity index (χ3n) is 10.1. The fourth-order valence-corrected chi connectivity index (χ4v) is 6.46. The van der Waals surface area contributed by atoms with Crippen LogP contribution in [-0.4, -0.2) is 208 Å². The zero-order valence-corrected chi connectivity index (χ0v) is 37.5. The van der Waals surface area contributed by atoms with Crippen molar-refractivity contribution in [1.29, 1.82) is 0 Å². The van der Waals surface area contributed by atoms with Gasteiger partial charge in [-0.05, 0) is 39.5 Å². The molecule has 0 aromatic rings. The Kier molecular flexibility index (Phi) is 24.8. The molecule has 0 saturated carbocycles. The average molecular weight is 1010 g/mol. The minimum absolute atomic E-state index is 0.112. The zero-order valence-electron chi connectivity index (χ0n) is 37.5. The first-order valence-corrected chi connectivity index (χ1v) is 21.0. The smallest absolute Gasteiger partial charge is 0.326 e. The van der Waals surface area contributed by atoms with E-state index in [9.17, 15) is 103 Å². The molecule has 70 heavy (non-hydrogen) atoms. The largest absolute Gasteiger partial charge is 0.481 e. The van der Waals surface area contributed by atoms with Crippen LogP contribution in [0.2, 0.25) is 0 Å². The molecule has 392 valence electrons. The lowest BCUT2D eigenvalue weighted by molar-refractivity contribution is -0.148. The maximum Gasteiger partial charge on any atom is 0.326 e. The van der Waals surface area contributed by atoms with E-state index in [4.69, 9.17) is 16.6 Å². The van der Waals surface area contributed by atoms with Crippen LogP contribution in [0.5, 0.6) is 0 Å². The first-order chi connectivity index (χ1) is 32.5. The van der Waals surface area contributed by atoms with E-state index < -0.39 is 201 Å². The number of hydrogen-bond acceptors (Lipinski definition) is 18. The summed E-state index contributed by atoms with van der Waals surface area (Å²) in [5.74, 6) is -19.7. The van der Waals surface area contributed by atoms with Gasteiger partial charge in [0.25, 0.3) is 0 Å². The van der Waals surface area contributed by atoms with Crippen LogP contribution in [-0.2, 0) is 67.1 Å². The summed E-state index contributed by atoms with van der Waals surface area (Å²) in [4.78, 5) is 176. The van der Waals surface area contributed by atoms with E-state index in [0.29, 0.717) is 0 Å². The van der Waals surface area contributed by atoms with E-state index in [1.54, 1.807) is 5.32 Å². The fraction of sp³-hybridized carbons (Fsp3) is 0.632. The molecule has 9 amide bonds. The number of carbonyl (C=O) groups is 14. The molecule has 1 rings (SSSR count). The molecule has 0 aromatic carbocycles. The number of aliphatic hydroxyl groups is 3. The Morgan fingerprint density at radius 2 is 0.957 bits per heavy atom. The molecule has 0 spiro atoms. The van der Waals surface area contributed by atoms with E-state index in [2.05, 4.69) is 21.3 Å². The van der Waals surface area contributed by atoms with Crippen molar-refractivity contribution >= 4 is 83.0 Å². The van der Waals surface area contributed by atoms with Crippen LogP contribution < -0.4 is 48.7 Å². The van der Waals surface area contributed by atoms with Gasteiger partial charge in [0.15, 0.2) is 0 Å². The normalized spacial score (nSPS) is 17.4. The van der Waals surface area contributed by atoms with Gasteiger partial charge in [-0.2, -0.15) is 0 Å². The van der Waals surface area contributed by atoms with Crippen LogP contribution >= 0.6 is 0 Å². The van der Waals surface area contributed by atoms with Crippen molar-refractivity contribution in [2.75, 3.05) is 13.2 Å². The van der Waals surface area contributed by atoms with E-state index in [-0.39, 0.29) is 19.4 Å². The number of carbonyl (C=O) groups excluding carboxylic acids is 9. The van der Waals surface area contributed by atoms with Gasteiger partial charge in [-0.3, -0.25) is 62.3 Å². The van der Waals surface area contributed by atoms with Crippen molar-refractivity contribution in [2.24, 2.45) is 11.5 Å². The number of amides is 9. The van der Waals surface area contributed by atoms with Gasteiger partial charge < -0.3 is 94.4 Å². The van der Waals surface area contributed by atoms with Crippen molar-refractivity contribution < 1.29 is 108 Å². The summed E-state index contributed by atoms with van der Waals surface area (Å²) >= 11 is 0. The summed E-state index contributed by atoms with van der Waals surface area (Å²) in [6, 6.07) is -16.9. The second-order valence-corrected chi connectivity index (χ2v) is 15.8. The summed E-state index contributed by atoms with van der Waals surface area (Å²) in [6.45, 7) is 0.924. The third-order valence-corrected chi connectivity index (χ3v) is 10.1. The third kappa shape index (κ3) is 20.3. The predicted molar refractivity (Wildman–Crippen MR) is 226 cm³/mol. The van der Waals surface area contributed by atoms with Crippen LogP contribution in [0, 0.1) is 0 Å². The molecule has 32 nitrogen and oxygen atoms in total. The predicted octanol–water partition coefficient (Wildman–Crippen LogP) is -8.91. The number of nitrogens with two attached hydrogens (primary N) is 2. The van der Waals surface area contributed by atoms with Gasteiger partial charge in [-0.15, -0.1) is 0 Å². The Morgan fingerprint density at radius 1 is 0.543 bits per heavy atom. The number of rotatable bonds is 31. The van der Waals surface area contributed by atoms with Crippen molar-refractivity contribution in [3.63, 3.8) is 0 Å². The number of aliphatic hydroxyl groups excluding tert-OH is 3. The van der Waals surface area contributed by atoms with E-state index in [0.717, 1.165) is 18.7 Å². The molecule has 1 heterocycles. The molecule has 0 aliphatic carbocycles. The molecule has 1 aliphatic heterocycles. The number of primary amides is 1. The Hall–Kier alpha value is -7.58. The molecule has 11 atom stereocenters. The summed E-state index contributed by atoms with van der Waals surface area (Å²) in [5, 5.41) is 90.7. The molecule has 1 aliphatic rings.